The van der Waals surface area contributed by atoms with E-state index in [-0.39, 0.29) is 5.69 Å². The van der Waals surface area contributed by atoms with Gasteiger partial charge in [-0.05, 0) is 29.8 Å². The molecule has 0 heterocycles. The molecule has 2 aromatic rings. The Morgan fingerprint density at radius 1 is 1.24 bits per heavy atom. The van der Waals surface area contributed by atoms with Crippen LogP contribution in [0.2, 0.25) is 5.02 Å². The van der Waals surface area contributed by atoms with E-state index in [1.54, 1.807) is 30.3 Å². The molecular weight excluding hydrogens is 290 g/mol. The molecule has 106 valence electrons. The van der Waals surface area contributed by atoms with Gasteiger partial charge in [0.05, 0.1) is 16.6 Å². The van der Waals surface area contributed by atoms with Gasteiger partial charge in [0.2, 0.25) is 0 Å². The maximum Gasteiger partial charge on any atom is 0.275 e. The van der Waals surface area contributed by atoms with Gasteiger partial charge in [0.1, 0.15) is 0 Å². The van der Waals surface area contributed by atoms with Crippen molar-refractivity contribution in [3.63, 3.8) is 0 Å². The predicted octanol–water partition coefficient (Wildman–Crippen LogP) is 3.41. The van der Waals surface area contributed by atoms with E-state index in [9.17, 15) is 10.1 Å². The highest BCUT2D eigenvalue weighted by Gasteiger charge is 2.13. The molecule has 0 atom stereocenters. The highest BCUT2D eigenvalue weighted by molar-refractivity contribution is 6.30. The fourth-order valence-corrected chi connectivity index (χ4v) is 2.12. The molecule has 0 unspecified atom stereocenters. The van der Waals surface area contributed by atoms with Crippen LogP contribution in [-0.2, 0) is 13.1 Å². The monoisotopic (exact) mass is 301 g/mol. The number of nitriles is 1. The average Bonchev–Trinajstić information content (AvgIpc) is 2.48. The number of halogens is 1. The summed E-state index contributed by atoms with van der Waals surface area (Å²) in [6, 6.07) is 13.9. The Balaban J connectivity index is 2.03. The summed E-state index contributed by atoms with van der Waals surface area (Å²) in [6.45, 7) is 0.875. The quantitative estimate of drug-likeness (QED) is 0.678. The second-order valence-corrected chi connectivity index (χ2v) is 4.88. The minimum atomic E-state index is -0.445. The van der Waals surface area contributed by atoms with E-state index in [1.807, 2.05) is 6.07 Å². The Hall–Kier alpha value is -2.42. The number of nitro benzene ring substituents is 1. The van der Waals surface area contributed by atoms with E-state index in [4.69, 9.17) is 16.9 Å². The summed E-state index contributed by atoms with van der Waals surface area (Å²) in [5.74, 6) is 0. The Labute approximate surface area is 126 Å². The molecule has 0 fully saturated rings. The predicted molar refractivity (Wildman–Crippen MR) is 79.8 cm³/mol. The molecule has 0 saturated carbocycles. The summed E-state index contributed by atoms with van der Waals surface area (Å²) < 4.78 is 0. The lowest BCUT2D eigenvalue weighted by Gasteiger charge is -2.06. The third-order valence-electron chi connectivity index (χ3n) is 2.94. The number of nitrogens with zero attached hydrogens (tertiary/aromatic N) is 2. The zero-order chi connectivity index (χ0) is 15.2. The van der Waals surface area contributed by atoms with E-state index in [2.05, 4.69) is 11.4 Å². The van der Waals surface area contributed by atoms with Crippen molar-refractivity contribution in [2.45, 2.75) is 13.1 Å². The van der Waals surface area contributed by atoms with E-state index < -0.39 is 4.92 Å². The first-order valence-corrected chi connectivity index (χ1v) is 6.60. The maximum atomic E-state index is 11.0. The van der Waals surface area contributed by atoms with E-state index in [0.29, 0.717) is 29.2 Å². The van der Waals surface area contributed by atoms with E-state index >= 15 is 0 Å². The average molecular weight is 302 g/mol. The number of nitro groups is 1. The molecule has 0 radical (unpaired) electrons. The summed E-state index contributed by atoms with van der Waals surface area (Å²) in [7, 11) is 0. The van der Waals surface area contributed by atoms with Crippen molar-refractivity contribution in [3.8, 4) is 6.07 Å². The molecule has 0 saturated heterocycles. The lowest BCUT2D eigenvalue weighted by molar-refractivity contribution is -0.385. The van der Waals surface area contributed by atoms with Gasteiger partial charge in [0, 0.05) is 29.7 Å². The van der Waals surface area contributed by atoms with Crippen molar-refractivity contribution >= 4 is 17.3 Å². The Morgan fingerprint density at radius 3 is 2.76 bits per heavy atom. The summed E-state index contributed by atoms with van der Waals surface area (Å²) in [5.41, 5.74) is 2.11. The minimum absolute atomic E-state index is 0.000718. The van der Waals surface area contributed by atoms with Gasteiger partial charge in [-0.25, -0.2) is 0 Å². The topological polar surface area (TPSA) is 79.0 Å². The van der Waals surface area contributed by atoms with Crippen LogP contribution in [0, 0.1) is 21.4 Å². The number of hydrogen-bond donors (Lipinski definition) is 1. The van der Waals surface area contributed by atoms with Crippen LogP contribution in [0.4, 0.5) is 5.69 Å². The van der Waals surface area contributed by atoms with E-state index in [1.165, 1.54) is 6.07 Å². The highest BCUT2D eigenvalue weighted by Crippen LogP contribution is 2.23. The SMILES string of the molecule is N#Cc1cccc(CNCc2ccc(Cl)cc2[N+](=O)[O-])c1. The molecule has 1 N–H and O–H groups in total. The van der Waals surface area contributed by atoms with Crippen LogP contribution in [-0.4, -0.2) is 4.92 Å². The van der Waals surface area contributed by atoms with Gasteiger partial charge < -0.3 is 5.32 Å². The molecule has 21 heavy (non-hydrogen) atoms. The summed E-state index contributed by atoms with van der Waals surface area (Å²) >= 11 is 5.77. The standard InChI is InChI=1S/C15H12ClN3O2/c16-14-5-4-13(15(7-14)19(20)21)10-18-9-12-3-1-2-11(6-12)8-17/h1-7,18H,9-10H2. The molecule has 0 amide bonds. The minimum Gasteiger partial charge on any atom is -0.308 e. The Morgan fingerprint density at radius 2 is 2.05 bits per heavy atom. The van der Waals surface area contributed by atoms with Crippen LogP contribution in [0.25, 0.3) is 0 Å². The van der Waals surface area contributed by atoms with Crippen LogP contribution < -0.4 is 5.32 Å². The third kappa shape index (κ3) is 4.02. The molecule has 6 heteroatoms. The molecule has 0 aliphatic carbocycles. The van der Waals surface area contributed by atoms with Gasteiger partial charge in [-0.3, -0.25) is 10.1 Å². The Bertz CT molecular complexity index is 710. The molecule has 5 nitrogen and oxygen atoms in total. The number of rotatable bonds is 5. The molecule has 0 aromatic heterocycles. The first kappa shape index (κ1) is 15.0. The molecule has 0 spiro atoms. The first-order chi connectivity index (χ1) is 10.1. The van der Waals surface area contributed by atoms with E-state index in [0.717, 1.165) is 5.56 Å². The van der Waals surface area contributed by atoms with Crippen LogP contribution in [0.1, 0.15) is 16.7 Å². The van der Waals surface area contributed by atoms with Crippen LogP contribution in [0.15, 0.2) is 42.5 Å². The van der Waals surface area contributed by atoms with Crippen molar-refractivity contribution < 1.29 is 4.92 Å². The van der Waals surface area contributed by atoms with Crippen LogP contribution in [0.3, 0.4) is 0 Å². The fraction of sp³-hybridized carbons (Fsp3) is 0.133. The molecule has 0 bridgehead atoms. The zero-order valence-electron chi connectivity index (χ0n) is 11.0. The second kappa shape index (κ2) is 6.84. The fourth-order valence-electron chi connectivity index (χ4n) is 1.95. The van der Waals surface area contributed by atoms with Gasteiger partial charge in [-0.1, -0.05) is 23.7 Å². The van der Waals surface area contributed by atoms with Gasteiger partial charge in [0.25, 0.3) is 5.69 Å². The normalized spacial score (nSPS) is 10.1. The first-order valence-electron chi connectivity index (χ1n) is 6.22. The van der Waals surface area contributed by atoms with Gasteiger partial charge >= 0.3 is 0 Å². The van der Waals surface area contributed by atoms with Crippen molar-refractivity contribution in [1.82, 2.24) is 5.32 Å². The van der Waals surface area contributed by atoms with Crippen molar-refractivity contribution in [2.75, 3.05) is 0 Å². The number of hydrogen-bond acceptors (Lipinski definition) is 4. The van der Waals surface area contributed by atoms with Gasteiger partial charge in [-0.15, -0.1) is 0 Å². The molecule has 0 aliphatic heterocycles. The summed E-state index contributed by atoms with van der Waals surface area (Å²) in [4.78, 5) is 10.5. The number of benzene rings is 2. The lowest BCUT2D eigenvalue weighted by atomic mass is 10.1. The van der Waals surface area contributed by atoms with Crippen LogP contribution >= 0.6 is 11.6 Å². The largest absolute Gasteiger partial charge is 0.308 e. The Kier molecular flexibility index (Phi) is 4.88. The summed E-state index contributed by atoms with van der Waals surface area (Å²) in [6.07, 6.45) is 0. The highest BCUT2D eigenvalue weighted by atomic mass is 35.5. The number of nitrogens with one attached hydrogen (secondary N) is 1. The van der Waals surface area contributed by atoms with Gasteiger partial charge in [0.15, 0.2) is 0 Å². The lowest BCUT2D eigenvalue weighted by Crippen LogP contribution is -2.13. The van der Waals surface area contributed by atoms with Crippen molar-refractivity contribution in [3.05, 3.63) is 74.3 Å². The van der Waals surface area contributed by atoms with Crippen molar-refractivity contribution in [1.29, 1.82) is 5.26 Å². The third-order valence-corrected chi connectivity index (χ3v) is 3.18. The van der Waals surface area contributed by atoms with Crippen molar-refractivity contribution in [2.24, 2.45) is 0 Å². The summed E-state index contributed by atoms with van der Waals surface area (Å²) in [5, 5.41) is 23.3. The second-order valence-electron chi connectivity index (χ2n) is 4.45. The molecule has 2 aromatic carbocycles. The smallest absolute Gasteiger partial charge is 0.275 e. The molecular formula is C15H12ClN3O2. The van der Waals surface area contributed by atoms with Crippen LogP contribution in [0.5, 0.6) is 0 Å². The van der Waals surface area contributed by atoms with Gasteiger partial charge in [-0.2, -0.15) is 5.26 Å². The maximum absolute atomic E-state index is 11.0. The zero-order valence-corrected chi connectivity index (χ0v) is 11.8. The molecule has 0 aliphatic rings. The molecule has 2 rings (SSSR count).